The van der Waals surface area contributed by atoms with Crippen LogP contribution in [0.15, 0.2) is 5.16 Å². The number of hydrogen-bond acceptors (Lipinski definition) is 3. The van der Waals surface area contributed by atoms with Crippen LogP contribution < -0.4 is 11.1 Å². The maximum Gasteiger partial charge on any atom is 0.140 e. The Morgan fingerprint density at radius 1 is 1.54 bits per heavy atom. The molecule has 0 aliphatic carbocycles. The molecule has 0 amide bonds. The van der Waals surface area contributed by atoms with E-state index in [1.807, 2.05) is 0 Å². The highest BCUT2D eigenvalue weighted by Crippen LogP contribution is 2.17. The van der Waals surface area contributed by atoms with Crippen molar-refractivity contribution in [1.29, 1.82) is 0 Å². The molecule has 0 spiro atoms. The van der Waals surface area contributed by atoms with Crippen LogP contribution in [0.5, 0.6) is 0 Å². The highest BCUT2D eigenvalue weighted by Gasteiger charge is 2.13. The predicted molar refractivity (Wildman–Crippen MR) is 55.0 cm³/mol. The third kappa shape index (κ3) is 6.40. The minimum absolute atomic E-state index is 0.279. The summed E-state index contributed by atoms with van der Waals surface area (Å²) in [6.07, 6.45) is 1.74. The molecule has 0 radical (unpaired) electrons. The summed E-state index contributed by atoms with van der Waals surface area (Å²) in [6.45, 7) is 8.32. The van der Waals surface area contributed by atoms with Gasteiger partial charge in [-0.1, -0.05) is 25.9 Å². The van der Waals surface area contributed by atoms with Crippen molar-refractivity contribution in [3.63, 3.8) is 0 Å². The molecular weight excluding hydrogens is 166 g/mol. The maximum atomic E-state index is 8.28. The fourth-order valence-corrected chi connectivity index (χ4v) is 0.818. The van der Waals surface area contributed by atoms with E-state index in [-0.39, 0.29) is 5.84 Å². The molecular formula is C9H21N3O. The van der Waals surface area contributed by atoms with Crippen LogP contribution in [0.2, 0.25) is 0 Å². The molecule has 0 aliphatic rings. The third-order valence-corrected chi connectivity index (χ3v) is 2.25. The van der Waals surface area contributed by atoms with E-state index in [2.05, 4.69) is 31.2 Å². The molecule has 0 aromatic heterocycles. The molecule has 13 heavy (non-hydrogen) atoms. The average Bonchev–Trinajstić information content (AvgIpc) is 2.12. The van der Waals surface area contributed by atoms with Crippen molar-refractivity contribution < 1.29 is 5.21 Å². The molecule has 0 unspecified atom stereocenters. The van der Waals surface area contributed by atoms with Crippen molar-refractivity contribution in [2.75, 3.05) is 13.1 Å². The quantitative estimate of drug-likeness (QED) is 0.192. The van der Waals surface area contributed by atoms with Gasteiger partial charge in [0.15, 0.2) is 0 Å². The lowest BCUT2D eigenvalue weighted by atomic mass is 9.90. The van der Waals surface area contributed by atoms with E-state index in [0.29, 0.717) is 11.8 Å². The van der Waals surface area contributed by atoms with Crippen molar-refractivity contribution in [2.45, 2.75) is 33.6 Å². The summed E-state index contributed by atoms with van der Waals surface area (Å²) < 4.78 is 0. The molecule has 0 aromatic carbocycles. The van der Waals surface area contributed by atoms with Crippen LogP contribution in [0.1, 0.15) is 33.6 Å². The van der Waals surface area contributed by atoms with E-state index in [1.54, 1.807) is 0 Å². The van der Waals surface area contributed by atoms with Crippen LogP contribution in [0.25, 0.3) is 0 Å². The first kappa shape index (κ1) is 12.2. The normalized spacial score (nSPS) is 13.3. The van der Waals surface area contributed by atoms with Gasteiger partial charge in [0.1, 0.15) is 5.84 Å². The van der Waals surface area contributed by atoms with Crippen LogP contribution in [-0.2, 0) is 0 Å². The second kappa shape index (κ2) is 5.80. The van der Waals surface area contributed by atoms with Crippen molar-refractivity contribution in [3.8, 4) is 0 Å². The van der Waals surface area contributed by atoms with E-state index < -0.39 is 0 Å². The molecule has 4 heteroatoms. The van der Waals surface area contributed by atoms with Crippen LogP contribution in [0.3, 0.4) is 0 Å². The van der Waals surface area contributed by atoms with Crippen molar-refractivity contribution in [3.05, 3.63) is 0 Å². The van der Waals surface area contributed by atoms with Gasteiger partial charge in [-0.25, -0.2) is 0 Å². The first-order chi connectivity index (χ1) is 6.02. The standard InChI is InChI=1S/C9H21N3O/c1-4-9(2,3)7-11-6-5-8(10)12-13/h11,13H,4-7H2,1-3H3,(H2,10,12). The first-order valence-electron chi connectivity index (χ1n) is 4.69. The summed E-state index contributed by atoms with van der Waals surface area (Å²) in [6, 6.07) is 0. The summed E-state index contributed by atoms with van der Waals surface area (Å²) in [7, 11) is 0. The van der Waals surface area contributed by atoms with Crippen LogP contribution in [-0.4, -0.2) is 24.1 Å². The largest absolute Gasteiger partial charge is 0.409 e. The molecule has 0 saturated carbocycles. The molecule has 0 aromatic rings. The van der Waals surface area contributed by atoms with Gasteiger partial charge in [0.05, 0.1) is 0 Å². The van der Waals surface area contributed by atoms with Crippen LogP contribution in [0, 0.1) is 5.41 Å². The molecule has 0 atom stereocenters. The Kier molecular flexibility index (Phi) is 5.46. The zero-order valence-electron chi connectivity index (χ0n) is 8.80. The predicted octanol–water partition coefficient (Wildman–Crippen LogP) is 1.15. The minimum Gasteiger partial charge on any atom is -0.409 e. The van der Waals surface area contributed by atoms with Crippen molar-refractivity contribution in [1.82, 2.24) is 5.32 Å². The molecule has 0 rings (SSSR count). The van der Waals surface area contributed by atoms with E-state index in [9.17, 15) is 0 Å². The van der Waals surface area contributed by atoms with E-state index in [1.165, 1.54) is 0 Å². The van der Waals surface area contributed by atoms with E-state index in [4.69, 9.17) is 10.9 Å². The van der Waals surface area contributed by atoms with Gasteiger partial charge in [0.2, 0.25) is 0 Å². The van der Waals surface area contributed by atoms with Gasteiger partial charge >= 0.3 is 0 Å². The van der Waals surface area contributed by atoms with Gasteiger partial charge in [-0.3, -0.25) is 0 Å². The lowest BCUT2D eigenvalue weighted by Gasteiger charge is -2.22. The molecule has 0 saturated heterocycles. The Bertz CT molecular complexity index is 166. The minimum atomic E-state index is 0.279. The van der Waals surface area contributed by atoms with Gasteiger partial charge in [-0.15, -0.1) is 0 Å². The molecule has 0 aliphatic heterocycles. The Labute approximate surface area is 80.2 Å². The highest BCUT2D eigenvalue weighted by atomic mass is 16.4. The van der Waals surface area contributed by atoms with Gasteiger partial charge < -0.3 is 16.3 Å². The summed E-state index contributed by atoms with van der Waals surface area (Å²) in [5, 5.41) is 14.4. The summed E-state index contributed by atoms with van der Waals surface area (Å²) in [4.78, 5) is 0. The fourth-order valence-electron chi connectivity index (χ4n) is 0.818. The van der Waals surface area contributed by atoms with Gasteiger partial charge in [0.25, 0.3) is 0 Å². The summed E-state index contributed by atoms with van der Waals surface area (Å²) in [5.41, 5.74) is 5.64. The fraction of sp³-hybridized carbons (Fsp3) is 0.889. The molecule has 0 heterocycles. The van der Waals surface area contributed by atoms with E-state index in [0.717, 1.165) is 19.5 Å². The van der Waals surface area contributed by atoms with Gasteiger partial charge in [-0.2, -0.15) is 0 Å². The highest BCUT2D eigenvalue weighted by molar-refractivity contribution is 5.79. The van der Waals surface area contributed by atoms with Gasteiger partial charge in [-0.05, 0) is 11.8 Å². The summed E-state index contributed by atoms with van der Waals surface area (Å²) >= 11 is 0. The molecule has 78 valence electrons. The number of nitrogens with zero attached hydrogens (tertiary/aromatic N) is 1. The topological polar surface area (TPSA) is 70.6 Å². The number of nitrogens with one attached hydrogen (secondary N) is 1. The molecule has 4 nitrogen and oxygen atoms in total. The van der Waals surface area contributed by atoms with Crippen molar-refractivity contribution in [2.24, 2.45) is 16.3 Å². The molecule has 0 bridgehead atoms. The van der Waals surface area contributed by atoms with Crippen LogP contribution >= 0.6 is 0 Å². The second-order valence-corrected chi connectivity index (χ2v) is 4.04. The maximum absolute atomic E-state index is 8.28. The SMILES string of the molecule is CCC(C)(C)CNCCC(N)=NO. The van der Waals surface area contributed by atoms with Gasteiger partial charge in [0, 0.05) is 19.5 Å². The molecule has 0 fully saturated rings. The zero-order valence-corrected chi connectivity index (χ0v) is 8.80. The zero-order chi connectivity index (χ0) is 10.3. The number of nitrogens with two attached hydrogens (primary N) is 1. The van der Waals surface area contributed by atoms with E-state index >= 15 is 0 Å². The third-order valence-electron chi connectivity index (χ3n) is 2.25. The number of rotatable bonds is 6. The Morgan fingerprint density at radius 3 is 2.62 bits per heavy atom. The lowest BCUT2D eigenvalue weighted by molar-refractivity contribution is 0.315. The Morgan fingerprint density at radius 2 is 2.15 bits per heavy atom. The smallest absolute Gasteiger partial charge is 0.140 e. The molecule has 4 N–H and O–H groups in total. The summed E-state index contributed by atoms with van der Waals surface area (Å²) in [5.74, 6) is 0.279. The second-order valence-electron chi connectivity index (χ2n) is 4.04. The first-order valence-corrected chi connectivity index (χ1v) is 4.69. The number of amidine groups is 1. The number of hydrogen-bond donors (Lipinski definition) is 3. The average molecular weight is 187 g/mol. The Balaban J connectivity index is 3.46. The lowest BCUT2D eigenvalue weighted by Crippen LogP contribution is -2.31. The number of oxime groups is 1. The van der Waals surface area contributed by atoms with Crippen LogP contribution in [0.4, 0.5) is 0 Å². The van der Waals surface area contributed by atoms with Crippen molar-refractivity contribution >= 4 is 5.84 Å². The Hall–Kier alpha value is -0.770. The monoisotopic (exact) mass is 187 g/mol.